The average molecular weight is 501 g/mol. The first kappa shape index (κ1) is 27.2. The number of ether oxygens (including phenoxy) is 4. The number of esters is 1. The van der Waals surface area contributed by atoms with Gasteiger partial charge in [-0.3, -0.25) is 4.79 Å². The lowest BCUT2D eigenvalue weighted by Crippen LogP contribution is -2.33. The highest BCUT2D eigenvalue weighted by atomic mass is 16.6. The van der Waals surface area contributed by atoms with Crippen LogP contribution in [0, 0.1) is 6.92 Å². The number of fused-ring (bicyclic) bond motifs is 1. The maximum Gasteiger partial charge on any atom is 0.492 e. The van der Waals surface area contributed by atoms with Gasteiger partial charge in [-0.2, -0.15) is 4.98 Å². The van der Waals surface area contributed by atoms with Crippen molar-refractivity contribution in [2.75, 3.05) is 19.8 Å². The van der Waals surface area contributed by atoms with Crippen LogP contribution in [0.4, 0.5) is 4.79 Å². The van der Waals surface area contributed by atoms with Crippen LogP contribution < -0.4 is 20.3 Å². The number of hydrogen-bond donors (Lipinski definition) is 2. The molecule has 1 aliphatic rings. The minimum Gasteiger partial charge on any atom is -0.466 e. The topological polar surface area (TPSA) is 138 Å². The summed E-state index contributed by atoms with van der Waals surface area (Å²) in [5, 5.41) is 13.0. The van der Waals surface area contributed by atoms with Crippen molar-refractivity contribution in [1.82, 2.24) is 15.3 Å². The van der Waals surface area contributed by atoms with Crippen LogP contribution in [0.5, 0.6) is 17.6 Å². The molecule has 2 heterocycles. The number of rotatable bonds is 10. The summed E-state index contributed by atoms with van der Waals surface area (Å²) >= 11 is 0. The summed E-state index contributed by atoms with van der Waals surface area (Å²) in [4.78, 5) is 31.9. The zero-order valence-electron chi connectivity index (χ0n) is 21.2. The summed E-state index contributed by atoms with van der Waals surface area (Å²) in [5.41, 5.74) is 1.52. The molecule has 3 rings (SSSR count). The lowest BCUT2D eigenvalue weighted by molar-refractivity contribution is -0.145. The van der Waals surface area contributed by atoms with Crippen molar-refractivity contribution >= 4 is 24.6 Å². The quantitative estimate of drug-likeness (QED) is 0.284. The fourth-order valence-corrected chi connectivity index (χ4v) is 3.63. The SMILES string of the molecule is CCOC(=O)CC1OB(O)c2cc(Oc3ccnc(OCCCNC(=O)OC(C)(C)C)n3)cc(C)c21. The number of carbonyl (C=O) groups excluding carboxylic acids is 2. The number of aromatic nitrogens is 2. The maximum atomic E-state index is 11.9. The molecule has 1 aliphatic heterocycles. The second-order valence-electron chi connectivity index (χ2n) is 9.14. The van der Waals surface area contributed by atoms with Gasteiger partial charge in [0.05, 0.1) is 25.7 Å². The third-order valence-corrected chi connectivity index (χ3v) is 4.98. The molecule has 2 aromatic rings. The van der Waals surface area contributed by atoms with Crippen LogP contribution in [-0.2, 0) is 18.9 Å². The fourth-order valence-electron chi connectivity index (χ4n) is 3.63. The van der Waals surface area contributed by atoms with Gasteiger partial charge in [-0.05, 0) is 69.8 Å². The van der Waals surface area contributed by atoms with Gasteiger partial charge in [0.2, 0.25) is 5.88 Å². The summed E-state index contributed by atoms with van der Waals surface area (Å²) in [6, 6.07) is 5.14. The Hall–Kier alpha value is -3.38. The van der Waals surface area contributed by atoms with Crippen LogP contribution in [0.25, 0.3) is 0 Å². The minimum atomic E-state index is -1.18. The number of alkyl carbamates (subject to hydrolysis) is 1. The molecule has 194 valence electrons. The highest BCUT2D eigenvalue weighted by Crippen LogP contribution is 2.33. The molecule has 0 aliphatic carbocycles. The minimum absolute atomic E-state index is 0.0127. The highest BCUT2D eigenvalue weighted by molar-refractivity contribution is 6.62. The molecule has 2 N–H and O–H groups in total. The number of benzene rings is 1. The molecule has 12 heteroatoms. The second kappa shape index (κ2) is 12.0. The van der Waals surface area contributed by atoms with Gasteiger partial charge in [-0.25, -0.2) is 9.78 Å². The average Bonchev–Trinajstić information content (AvgIpc) is 3.08. The molecule has 0 saturated carbocycles. The first-order valence-corrected chi connectivity index (χ1v) is 11.8. The van der Waals surface area contributed by atoms with E-state index in [1.54, 1.807) is 45.9 Å². The van der Waals surface area contributed by atoms with Crippen molar-refractivity contribution in [1.29, 1.82) is 0 Å². The smallest absolute Gasteiger partial charge is 0.466 e. The van der Waals surface area contributed by atoms with E-state index in [0.29, 0.717) is 24.2 Å². The summed E-state index contributed by atoms with van der Waals surface area (Å²) in [7, 11) is -1.18. The summed E-state index contributed by atoms with van der Waals surface area (Å²) < 4.78 is 27.2. The number of aryl methyl sites for hydroxylation is 1. The number of carbonyl (C=O) groups is 2. The third kappa shape index (κ3) is 7.82. The Morgan fingerprint density at radius 1 is 1.28 bits per heavy atom. The van der Waals surface area contributed by atoms with Crippen LogP contribution in [0.15, 0.2) is 24.4 Å². The van der Waals surface area contributed by atoms with Crippen molar-refractivity contribution in [3.8, 4) is 17.6 Å². The van der Waals surface area contributed by atoms with E-state index in [1.165, 1.54) is 6.20 Å². The fraction of sp³-hybridized carbons (Fsp3) is 0.500. The third-order valence-electron chi connectivity index (χ3n) is 4.98. The Balaban J connectivity index is 1.56. The number of nitrogens with zero attached hydrogens (tertiary/aromatic N) is 2. The van der Waals surface area contributed by atoms with E-state index >= 15 is 0 Å². The maximum absolute atomic E-state index is 11.9. The first-order chi connectivity index (χ1) is 17.1. The van der Waals surface area contributed by atoms with Gasteiger partial charge < -0.3 is 33.9 Å². The van der Waals surface area contributed by atoms with Crippen LogP contribution in [-0.4, -0.2) is 59.5 Å². The lowest BCUT2D eigenvalue weighted by atomic mass is 9.77. The molecule has 1 atom stereocenters. The Kier molecular flexibility index (Phi) is 9.11. The van der Waals surface area contributed by atoms with Gasteiger partial charge in [0.15, 0.2) is 0 Å². The molecule has 11 nitrogen and oxygen atoms in total. The molecule has 1 aromatic heterocycles. The van der Waals surface area contributed by atoms with Crippen LogP contribution >= 0.6 is 0 Å². The molecular formula is C24H32BN3O8. The Bertz CT molecular complexity index is 1080. The molecule has 0 saturated heterocycles. The first-order valence-electron chi connectivity index (χ1n) is 11.8. The Labute approximate surface area is 210 Å². The highest BCUT2D eigenvalue weighted by Gasteiger charge is 2.38. The van der Waals surface area contributed by atoms with Crippen molar-refractivity contribution in [2.24, 2.45) is 0 Å². The Morgan fingerprint density at radius 2 is 2.06 bits per heavy atom. The van der Waals surface area contributed by atoms with Crippen molar-refractivity contribution in [3.05, 3.63) is 35.5 Å². The molecule has 0 radical (unpaired) electrons. The van der Waals surface area contributed by atoms with Gasteiger partial charge in [0, 0.05) is 18.8 Å². The zero-order valence-corrected chi connectivity index (χ0v) is 21.2. The second-order valence-corrected chi connectivity index (χ2v) is 9.14. The van der Waals surface area contributed by atoms with Crippen molar-refractivity contribution in [3.63, 3.8) is 0 Å². The molecule has 0 fully saturated rings. The molecule has 0 spiro atoms. The van der Waals surface area contributed by atoms with Gasteiger partial charge in [-0.15, -0.1) is 0 Å². The lowest BCUT2D eigenvalue weighted by Gasteiger charge is -2.19. The number of nitrogens with one attached hydrogen (secondary N) is 1. The predicted octanol–water partition coefficient (Wildman–Crippen LogP) is 2.58. The van der Waals surface area contributed by atoms with Crippen LogP contribution in [0.1, 0.15) is 57.8 Å². The normalized spacial score (nSPS) is 14.7. The standard InChI is InChI=1S/C24H32BN3O8/c1-6-32-20(29)14-18-21-15(2)12-16(13-17(21)25(31)36-18)34-19-8-10-26-22(28-19)33-11-7-9-27-23(30)35-24(3,4)5/h8,10,12-13,18,31H,6-7,9,11,14H2,1-5H3,(H,27,30). The van der Waals surface area contributed by atoms with Crippen molar-refractivity contribution in [2.45, 2.75) is 59.2 Å². The van der Waals surface area contributed by atoms with E-state index in [4.69, 9.17) is 23.6 Å². The predicted molar refractivity (Wildman–Crippen MR) is 130 cm³/mol. The van der Waals surface area contributed by atoms with Gasteiger partial charge in [0.25, 0.3) is 0 Å². The zero-order chi connectivity index (χ0) is 26.3. The van der Waals surface area contributed by atoms with Crippen molar-refractivity contribution < 1.29 is 38.2 Å². The van der Waals surface area contributed by atoms with Gasteiger partial charge in [0.1, 0.15) is 11.4 Å². The molecule has 1 amide bonds. The molecule has 1 unspecified atom stereocenters. The Morgan fingerprint density at radius 3 is 2.78 bits per heavy atom. The number of amides is 1. The van der Waals surface area contributed by atoms with Gasteiger partial charge in [-0.1, -0.05) is 0 Å². The van der Waals surface area contributed by atoms with E-state index in [0.717, 1.165) is 11.1 Å². The molecule has 36 heavy (non-hydrogen) atoms. The van der Waals surface area contributed by atoms with E-state index in [2.05, 4.69) is 15.3 Å². The van der Waals surface area contributed by atoms with Crippen LogP contribution in [0.2, 0.25) is 0 Å². The molecular weight excluding hydrogens is 469 g/mol. The molecule has 0 bridgehead atoms. The van der Waals surface area contributed by atoms with E-state index in [1.807, 2.05) is 6.92 Å². The number of hydrogen-bond acceptors (Lipinski definition) is 10. The summed E-state index contributed by atoms with van der Waals surface area (Å²) in [5.74, 6) is 0.302. The van der Waals surface area contributed by atoms with E-state index in [-0.39, 0.29) is 31.5 Å². The van der Waals surface area contributed by atoms with E-state index in [9.17, 15) is 14.6 Å². The van der Waals surface area contributed by atoms with Gasteiger partial charge >= 0.3 is 25.2 Å². The van der Waals surface area contributed by atoms with Crippen LogP contribution in [0.3, 0.4) is 0 Å². The molecule has 1 aromatic carbocycles. The summed E-state index contributed by atoms with van der Waals surface area (Å²) in [6.45, 7) is 9.91. The van der Waals surface area contributed by atoms with E-state index < -0.39 is 30.9 Å². The summed E-state index contributed by atoms with van der Waals surface area (Å²) in [6.07, 6.45) is 0.972. The largest absolute Gasteiger partial charge is 0.492 e. The monoisotopic (exact) mass is 501 g/mol.